The lowest BCUT2D eigenvalue weighted by molar-refractivity contribution is 0.0939. The number of H-pyrrole nitrogens is 1. The maximum absolute atomic E-state index is 14.1. The predicted molar refractivity (Wildman–Crippen MR) is 156 cm³/mol. The van der Waals surface area contributed by atoms with Crippen LogP contribution >= 0.6 is 0 Å². The highest BCUT2D eigenvalue weighted by atomic mass is 16.2. The predicted octanol–water partition coefficient (Wildman–Crippen LogP) is 1.92. The molecule has 0 saturated heterocycles. The zero-order valence-corrected chi connectivity index (χ0v) is 23.2. The Morgan fingerprint density at radius 3 is 2.79 bits per heavy atom. The van der Waals surface area contributed by atoms with Gasteiger partial charge in [0.25, 0.3) is 11.5 Å². The van der Waals surface area contributed by atoms with Gasteiger partial charge in [-0.2, -0.15) is 5.10 Å². The zero-order valence-electron chi connectivity index (χ0n) is 23.2. The molecule has 13 heteroatoms. The molecule has 0 saturated carbocycles. The Morgan fingerprint density at radius 2 is 2.02 bits per heavy atom. The maximum atomic E-state index is 14.1. The number of aromatic amines is 1. The van der Waals surface area contributed by atoms with Crippen LogP contribution in [0.25, 0.3) is 16.6 Å². The average molecular weight is 562 g/mol. The molecule has 4 N–H and O–H groups in total. The van der Waals surface area contributed by atoms with Crippen LogP contribution < -0.4 is 16.6 Å². The molecular weight excluding hydrogens is 534 g/mol. The fourth-order valence-electron chi connectivity index (χ4n) is 4.80. The molecule has 42 heavy (non-hydrogen) atoms. The summed E-state index contributed by atoms with van der Waals surface area (Å²) in [6.45, 7) is 3.98. The van der Waals surface area contributed by atoms with Gasteiger partial charge >= 0.3 is 0 Å². The van der Waals surface area contributed by atoms with Crippen LogP contribution in [0.15, 0.2) is 60.2 Å². The number of carbonyl (C=O) groups is 1. The van der Waals surface area contributed by atoms with E-state index < -0.39 is 11.9 Å². The summed E-state index contributed by atoms with van der Waals surface area (Å²) >= 11 is 0. The minimum Gasteiger partial charge on any atom is -0.381 e. The fraction of sp³-hybridized carbons (Fsp3) is 0.207. The van der Waals surface area contributed by atoms with Crippen molar-refractivity contribution < 1.29 is 4.79 Å². The molecular formula is C29H27N11O2. The molecule has 0 radical (unpaired) electrons. The van der Waals surface area contributed by atoms with Crippen molar-refractivity contribution in [3.05, 3.63) is 99.6 Å². The van der Waals surface area contributed by atoms with E-state index in [1.54, 1.807) is 71.6 Å². The number of anilines is 1. The van der Waals surface area contributed by atoms with Gasteiger partial charge in [-0.25, -0.2) is 19.5 Å². The number of rotatable bonds is 6. The van der Waals surface area contributed by atoms with Gasteiger partial charge in [0.05, 0.1) is 46.4 Å². The number of hydrogen-bond acceptors (Lipinski definition) is 8. The number of hydrogen-bond donors (Lipinski definition) is 3. The Labute approximate surface area is 239 Å². The number of aromatic nitrogens is 9. The fourth-order valence-corrected chi connectivity index (χ4v) is 4.80. The van der Waals surface area contributed by atoms with Crippen molar-refractivity contribution in [3.8, 4) is 11.8 Å². The highest BCUT2D eigenvalue weighted by Crippen LogP contribution is 2.20. The summed E-state index contributed by atoms with van der Waals surface area (Å²) in [7, 11) is 1.85. The molecule has 0 bridgehead atoms. The van der Waals surface area contributed by atoms with E-state index in [1.807, 2.05) is 14.0 Å². The van der Waals surface area contributed by atoms with Crippen molar-refractivity contribution in [2.24, 2.45) is 7.05 Å². The molecule has 1 aromatic carbocycles. The Balaban J connectivity index is 1.42. The van der Waals surface area contributed by atoms with Crippen LogP contribution in [0.2, 0.25) is 0 Å². The van der Waals surface area contributed by atoms with Crippen LogP contribution in [0.4, 0.5) is 5.82 Å². The van der Waals surface area contributed by atoms with Gasteiger partial charge in [-0.3, -0.25) is 18.8 Å². The number of aryl methyl sites for hydroxylation is 2. The monoisotopic (exact) mass is 561 g/mol. The lowest BCUT2D eigenvalue weighted by atomic mass is 10.1. The summed E-state index contributed by atoms with van der Waals surface area (Å²) in [5.74, 6) is 6.23. The smallest absolute Gasteiger partial charge is 0.262 e. The van der Waals surface area contributed by atoms with Gasteiger partial charge in [0, 0.05) is 44.2 Å². The molecule has 0 spiro atoms. The van der Waals surface area contributed by atoms with Crippen molar-refractivity contribution in [1.29, 1.82) is 0 Å². The Hall–Kier alpha value is -5.77. The summed E-state index contributed by atoms with van der Waals surface area (Å²) in [6.07, 6.45) is 8.75. The minimum absolute atomic E-state index is 0.0489. The molecule has 5 heterocycles. The number of fused-ring (bicyclic) bond motifs is 2. The van der Waals surface area contributed by atoms with E-state index in [-0.39, 0.29) is 23.5 Å². The minimum atomic E-state index is -0.667. The quantitative estimate of drug-likeness (QED) is 0.259. The van der Waals surface area contributed by atoms with Crippen LogP contribution in [0, 0.1) is 18.8 Å². The second-order valence-electron chi connectivity index (χ2n) is 9.80. The van der Waals surface area contributed by atoms with Crippen LogP contribution in [-0.4, -0.2) is 49.8 Å². The Bertz CT molecular complexity index is 2070. The average Bonchev–Trinajstić information content (AvgIpc) is 3.70. The van der Waals surface area contributed by atoms with E-state index in [1.165, 1.54) is 4.52 Å². The number of nitrogens with one attached hydrogen (secondary N) is 2. The second kappa shape index (κ2) is 10.7. The number of carbonyl (C=O) groups excluding carboxylic acids is 1. The molecule has 6 rings (SSSR count). The van der Waals surface area contributed by atoms with Crippen LogP contribution in [0.1, 0.15) is 51.7 Å². The molecule has 1 amide bonds. The zero-order chi connectivity index (χ0) is 29.4. The van der Waals surface area contributed by atoms with E-state index in [2.05, 4.69) is 42.3 Å². The van der Waals surface area contributed by atoms with E-state index in [9.17, 15) is 9.59 Å². The molecule has 0 fully saturated rings. The van der Waals surface area contributed by atoms with Crippen molar-refractivity contribution >= 4 is 28.3 Å². The third-order valence-electron chi connectivity index (χ3n) is 7.11. The van der Waals surface area contributed by atoms with Gasteiger partial charge < -0.3 is 16.0 Å². The highest BCUT2D eigenvalue weighted by molar-refractivity contribution is 6.04. The number of nitrogen functional groups attached to an aromatic ring is 1. The van der Waals surface area contributed by atoms with E-state index in [0.29, 0.717) is 34.4 Å². The number of amides is 1. The van der Waals surface area contributed by atoms with Gasteiger partial charge in [-0.15, -0.1) is 5.10 Å². The number of benzene rings is 1. The van der Waals surface area contributed by atoms with E-state index in [0.717, 1.165) is 17.0 Å². The Kier molecular flexibility index (Phi) is 6.71. The summed E-state index contributed by atoms with van der Waals surface area (Å²) in [5.41, 5.74) is 9.78. The second-order valence-corrected chi connectivity index (χ2v) is 9.80. The first-order valence-electron chi connectivity index (χ1n) is 13.2. The van der Waals surface area contributed by atoms with Crippen molar-refractivity contribution in [1.82, 2.24) is 49.2 Å². The largest absolute Gasteiger partial charge is 0.381 e. The van der Waals surface area contributed by atoms with Gasteiger partial charge in [0.1, 0.15) is 11.4 Å². The van der Waals surface area contributed by atoms with E-state index >= 15 is 0 Å². The molecule has 5 aromatic heterocycles. The van der Waals surface area contributed by atoms with Crippen molar-refractivity contribution in [3.63, 3.8) is 0 Å². The van der Waals surface area contributed by atoms with Crippen molar-refractivity contribution in [2.45, 2.75) is 32.9 Å². The molecule has 0 aliphatic rings. The highest BCUT2D eigenvalue weighted by Gasteiger charge is 2.24. The summed E-state index contributed by atoms with van der Waals surface area (Å²) in [5, 5.41) is 11.7. The number of imidazole rings is 1. The molecule has 13 nitrogen and oxygen atoms in total. The van der Waals surface area contributed by atoms with E-state index in [4.69, 9.17) is 10.7 Å². The number of nitrogens with zero attached hydrogens (tertiary/aromatic N) is 8. The molecule has 1 atom stereocenters. The third kappa shape index (κ3) is 4.75. The molecule has 210 valence electrons. The molecule has 0 aliphatic heterocycles. The lowest BCUT2D eigenvalue weighted by Crippen LogP contribution is -2.34. The van der Waals surface area contributed by atoms with Gasteiger partial charge in [0.2, 0.25) is 0 Å². The Morgan fingerprint density at radius 1 is 1.19 bits per heavy atom. The standard InChI is InChI=1S/C29H27N11O2/c1-17(35-28(41)24-25(30)37-40-12-5-11-32-27(24)40)26-36-22-7-4-6-19(8-9-20-14-34-38(3)18(20)2)23(22)29(42)39(26)13-10-21-15-31-16-33-21/h4-7,11-12,14-17H,10,13H2,1-3H3,(H2,30,37)(H,31,33)(H,35,41)/t17-/m1/s1. The number of nitrogens with two attached hydrogens (primary N) is 1. The first-order chi connectivity index (χ1) is 20.3. The van der Waals surface area contributed by atoms with Gasteiger partial charge in [0.15, 0.2) is 11.5 Å². The third-order valence-corrected chi connectivity index (χ3v) is 7.11. The summed E-state index contributed by atoms with van der Waals surface area (Å²) in [4.78, 5) is 43.8. The molecule has 6 aromatic rings. The normalized spacial score (nSPS) is 11.9. The summed E-state index contributed by atoms with van der Waals surface area (Å²) in [6, 6.07) is 6.40. The SMILES string of the molecule is Cc1c(C#Cc2cccc3nc([C@@H](C)NC(=O)c4c(N)nn5cccnc45)n(CCc4c[nH]cn4)c(=O)c23)cnn1C. The summed E-state index contributed by atoms with van der Waals surface area (Å²) < 4.78 is 4.76. The lowest BCUT2D eigenvalue weighted by Gasteiger charge is -2.19. The van der Waals surface area contributed by atoms with Crippen LogP contribution in [0.5, 0.6) is 0 Å². The first kappa shape index (κ1) is 26.5. The molecule has 0 aliphatic carbocycles. The first-order valence-corrected chi connectivity index (χ1v) is 13.2. The van der Waals surface area contributed by atoms with Gasteiger partial charge in [-0.05, 0) is 32.0 Å². The topological polar surface area (TPSA) is 167 Å². The van der Waals surface area contributed by atoms with Crippen LogP contribution in [0.3, 0.4) is 0 Å². The maximum Gasteiger partial charge on any atom is 0.262 e. The van der Waals surface area contributed by atoms with Crippen LogP contribution in [-0.2, 0) is 20.0 Å². The van der Waals surface area contributed by atoms with Gasteiger partial charge in [-0.1, -0.05) is 17.9 Å². The molecule has 0 unspecified atom stereocenters. The van der Waals surface area contributed by atoms with Crippen molar-refractivity contribution in [2.75, 3.05) is 5.73 Å².